The predicted octanol–water partition coefficient (Wildman–Crippen LogP) is 2.79. The number of nitrogens with one attached hydrogen (secondary N) is 2. The van der Waals surface area contributed by atoms with E-state index in [1.807, 2.05) is 11.8 Å². The van der Waals surface area contributed by atoms with Crippen LogP contribution in [0, 0.1) is 0 Å². The first-order valence-electron chi connectivity index (χ1n) is 7.08. The molecular weight excluding hydrogens is 435 g/mol. The SMILES string of the molecule is CN=C(NCCOc1ccc(Cl)cn1)NCC1CCCS1.I. The summed E-state index contributed by atoms with van der Waals surface area (Å²) >= 11 is 7.80. The average molecular weight is 457 g/mol. The third-order valence-corrected chi connectivity index (χ3v) is 4.71. The summed E-state index contributed by atoms with van der Waals surface area (Å²) in [5.41, 5.74) is 0. The van der Waals surface area contributed by atoms with Gasteiger partial charge in [-0.3, -0.25) is 4.99 Å². The molecule has 2 rings (SSSR count). The molecule has 1 aliphatic heterocycles. The Morgan fingerprint density at radius 3 is 3.00 bits per heavy atom. The van der Waals surface area contributed by atoms with Crippen molar-refractivity contribution < 1.29 is 4.74 Å². The maximum atomic E-state index is 5.77. The van der Waals surface area contributed by atoms with Gasteiger partial charge in [0.15, 0.2) is 5.96 Å². The summed E-state index contributed by atoms with van der Waals surface area (Å²) in [4.78, 5) is 8.27. The predicted molar refractivity (Wildman–Crippen MR) is 105 cm³/mol. The molecule has 0 aliphatic carbocycles. The standard InChI is InChI=1S/C14H21ClN4OS.HI/c1-16-14(19-10-12-3-2-8-21-12)17-6-7-20-13-5-4-11(15)9-18-13;/h4-5,9,12H,2-3,6-8,10H2,1H3,(H2,16,17,19);1H. The molecule has 22 heavy (non-hydrogen) atoms. The minimum atomic E-state index is 0. The van der Waals surface area contributed by atoms with E-state index in [0.717, 1.165) is 12.5 Å². The molecule has 0 amide bonds. The first-order chi connectivity index (χ1) is 10.3. The van der Waals surface area contributed by atoms with Gasteiger partial charge in [-0.2, -0.15) is 11.8 Å². The number of halogens is 2. The van der Waals surface area contributed by atoms with Crippen molar-refractivity contribution in [2.75, 3.05) is 32.5 Å². The summed E-state index contributed by atoms with van der Waals surface area (Å²) in [5, 5.41) is 7.89. The lowest BCUT2D eigenvalue weighted by atomic mass is 10.2. The van der Waals surface area contributed by atoms with Crippen molar-refractivity contribution in [3.8, 4) is 5.88 Å². The Morgan fingerprint density at radius 1 is 1.50 bits per heavy atom. The first-order valence-corrected chi connectivity index (χ1v) is 8.51. The number of aliphatic imine (C=N–C) groups is 1. The molecule has 2 N–H and O–H groups in total. The van der Waals surface area contributed by atoms with Gasteiger partial charge in [0.05, 0.1) is 11.6 Å². The van der Waals surface area contributed by atoms with E-state index in [9.17, 15) is 0 Å². The smallest absolute Gasteiger partial charge is 0.213 e. The van der Waals surface area contributed by atoms with Gasteiger partial charge < -0.3 is 15.4 Å². The van der Waals surface area contributed by atoms with Crippen molar-refractivity contribution in [2.45, 2.75) is 18.1 Å². The second-order valence-corrected chi connectivity index (χ2v) is 6.52. The van der Waals surface area contributed by atoms with Gasteiger partial charge in [-0.25, -0.2) is 4.98 Å². The number of nitrogens with zero attached hydrogens (tertiary/aromatic N) is 2. The van der Waals surface area contributed by atoms with Crippen LogP contribution in [0.4, 0.5) is 0 Å². The van der Waals surface area contributed by atoms with Gasteiger partial charge in [0, 0.05) is 31.1 Å². The fourth-order valence-corrected chi connectivity index (χ4v) is 3.32. The fourth-order valence-electron chi connectivity index (χ4n) is 2.01. The quantitative estimate of drug-likeness (QED) is 0.298. The van der Waals surface area contributed by atoms with E-state index < -0.39 is 0 Å². The van der Waals surface area contributed by atoms with Crippen molar-refractivity contribution in [3.63, 3.8) is 0 Å². The van der Waals surface area contributed by atoms with Crippen LogP contribution in [0.1, 0.15) is 12.8 Å². The monoisotopic (exact) mass is 456 g/mol. The van der Waals surface area contributed by atoms with Crippen LogP contribution >= 0.6 is 47.3 Å². The molecule has 1 saturated heterocycles. The molecule has 0 aromatic carbocycles. The van der Waals surface area contributed by atoms with Gasteiger partial charge in [0.1, 0.15) is 6.61 Å². The van der Waals surface area contributed by atoms with E-state index in [4.69, 9.17) is 16.3 Å². The normalized spacial score (nSPS) is 17.7. The van der Waals surface area contributed by atoms with Gasteiger partial charge in [-0.05, 0) is 24.7 Å². The summed E-state index contributed by atoms with van der Waals surface area (Å²) < 4.78 is 5.51. The first kappa shape index (κ1) is 19.6. The molecule has 0 spiro atoms. The number of ether oxygens (including phenoxy) is 1. The van der Waals surface area contributed by atoms with Crippen molar-refractivity contribution in [2.24, 2.45) is 4.99 Å². The molecule has 1 fully saturated rings. The van der Waals surface area contributed by atoms with Crippen LogP contribution in [0.5, 0.6) is 5.88 Å². The third-order valence-electron chi connectivity index (χ3n) is 3.09. The second-order valence-electron chi connectivity index (χ2n) is 4.68. The molecule has 0 bridgehead atoms. The van der Waals surface area contributed by atoms with Crippen molar-refractivity contribution in [1.29, 1.82) is 0 Å². The second kappa shape index (κ2) is 11.2. The van der Waals surface area contributed by atoms with E-state index in [1.54, 1.807) is 25.4 Å². The average Bonchev–Trinajstić information content (AvgIpc) is 3.02. The van der Waals surface area contributed by atoms with Gasteiger partial charge >= 0.3 is 0 Å². The van der Waals surface area contributed by atoms with Crippen LogP contribution in [0.25, 0.3) is 0 Å². The lowest BCUT2D eigenvalue weighted by Crippen LogP contribution is -2.41. The maximum absolute atomic E-state index is 5.77. The summed E-state index contributed by atoms with van der Waals surface area (Å²) in [6.45, 7) is 2.15. The third kappa shape index (κ3) is 7.23. The zero-order chi connectivity index (χ0) is 14.9. The van der Waals surface area contributed by atoms with Crippen molar-refractivity contribution >= 4 is 53.3 Å². The number of pyridine rings is 1. The highest BCUT2D eigenvalue weighted by Crippen LogP contribution is 2.25. The Balaban J connectivity index is 0.00000242. The Kier molecular flexibility index (Phi) is 9.98. The lowest BCUT2D eigenvalue weighted by molar-refractivity contribution is 0.309. The van der Waals surface area contributed by atoms with E-state index in [1.165, 1.54) is 18.6 Å². The van der Waals surface area contributed by atoms with Crippen LogP contribution in [0.3, 0.4) is 0 Å². The Hall–Kier alpha value is -0.410. The molecule has 124 valence electrons. The van der Waals surface area contributed by atoms with Crippen LogP contribution in [-0.4, -0.2) is 48.7 Å². The molecule has 2 heterocycles. The van der Waals surface area contributed by atoms with Crippen molar-refractivity contribution in [1.82, 2.24) is 15.6 Å². The Labute approximate surface area is 158 Å². The molecule has 0 radical (unpaired) electrons. The number of thioether (sulfide) groups is 1. The van der Waals surface area contributed by atoms with Gasteiger partial charge in [-0.15, -0.1) is 24.0 Å². The molecule has 1 aliphatic rings. The zero-order valence-corrected chi connectivity index (χ0v) is 16.5. The largest absolute Gasteiger partial charge is 0.476 e. The molecule has 1 unspecified atom stereocenters. The molecule has 1 aromatic heterocycles. The van der Waals surface area contributed by atoms with E-state index in [-0.39, 0.29) is 24.0 Å². The van der Waals surface area contributed by atoms with Gasteiger partial charge in [0.2, 0.25) is 5.88 Å². The van der Waals surface area contributed by atoms with Crippen molar-refractivity contribution in [3.05, 3.63) is 23.4 Å². The molecule has 8 heteroatoms. The summed E-state index contributed by atoms with van der Waals surface area (Å²) in [5.74, 6) is 2.67. The number of guanidine groups is 1. The minimum absolute atomic E-state index is 0. The van der Waals surface area contributed by atoms with E-state index >= 15 is 0 Å². The van der Waals surface area contributed by atoms with Crippen LogP contribution in [0.2, 0.25) is 5.02 Å². The summed E-state index contributed by atoms with van der Waals surface area (Å²) in [7, 11) is 1.78. The summed E-state index contributed by atoms with van der Waals surface area (Å²) in [6, 6.07) is 3.52. The van der Waals surface area contributed by atoms with Gasteiger partial charge in [-0.1, -0.05) is 11.6 Å². The highest BCUT2D eigenvalue weighted by atomic mass is 127. The highest BCUT2D eigenvalue weighted by Gasteiger charge is 2.15. The number of rotatable bonds is 6. The van der Waals surface area contributed by atoms with Crippen LogP contribution in [0.15, 0.2) is 23.3 Å². The molecule has 1 atom stereocenters. The van der Waals surface area contributed by atoms with E-state index in [0.29, 0.717) is 29.3 Å². The highest BCUT2D eigenvalue weighted by molar-refractivity contribution is 14.0. The number of hydrogen-bond donors (Lipinski definition) is 2. The number of hydrogen-bond acceptors (Lipinski definition) is 4. The molecule has 1 aromatic rings. The van der Waals surface area contributed by atoms with E-state index in [2.05, 4.69) is 20.6 Å². The van der Waals surface area contributed by atoms with Crippen LogP contribution < -0.4 is 15.4 Å². The maximum Gasteiger partial charge on any atom is 0.213 e. The zero-order valence-electron chi connectivity index (χ0n) is 12.5. The molecular formula is C14H22ClIN4OS. The summed E-state index contributed by atoms with van der Waals surface area (Å²) in [6.07, 6.45) is 4.19. The minimum Gasteiger partial charge on any atom is -0.476 e. The Bertz CT molecular complexity index is 455. The number of aromatic nitrogens is 1. The lowest BCUT2D eigenvalue weighted by Gasteiger charge is -2.14. The van der Waals surface area contributed by atoms with Gasteiger partial charge in [0.25, 0.3) is 0 Å². The fraction of sp³-hybridized carbons (Fsp3) is 0.571. The Morgan fingerprint density at radius 2 is 2.36 bits per heavy atom. The molecule has 0 saturated carbocycles. The van der Waals surface area contributed by atoms with Crippen LogP contribution in [-0.2, 0) is 0 Å². The topological polar surface area (TPSA) is 58.5 Å². The molecule has 5 nitrogen and oxygen atoms in total.